The molecule has 2 aromatic carbocycles. The van der Waals surface area contributed by atoms with Crippen molar-refractivity contribution in [3.63, 3.8) is 0 Å². The maximum Gasteiger partial charge on any atom is 0.273 e. The van der Waals surface area contributed by atoms with Crippen molar-refractivity contribution in [2.45, 2.75) is 12.1 Å². The molecule has 0 spiro atoms. The predicted molar refractivity (Wildman–Crippen MR) is 102 cm³/mol. The Kier molecular flexibility index (Phi) is 4.35. The maximum absolute atomic E-state index is 13.2. The lowest BCUT2D eigenvalue weighted by Gasteiger charge is -2.29. The van der Waals surface area contributed by atoms with E-state index in [0.717, 1.165) is 26.5 Å². The Morgan fingerprint density at radius 2 is 1.88 bits per heavy atom. The van der Waals surface area contributed by atoms with E-state index < -0.39 is 0 Å². The summed E-state index contributed by atoms with van der Waals surface area (Å²) in [6, 6.07) is 15.5. The summed E-state index contributed by atoms with van der Waals surface area (Å²) < 4.78 is 2.63. The maximum atomic E-state index is 13.2. The molecule has 0 radical (unpaired) electrons. The van der Waals surface area contributed by atoms with Crippen LogP contribution < -0.4 is 5.01 Å². The molecule has 7 heteroatoms. The summed E-state index contributed by atoms with van der Waals surface area (Å²) in [6.07, 6.45) is 0. The fraction of sp³-hybridized carbons (Fsp3) is 0.167. The van der Waals surface area contributed by atoms with Gasteiger partial charge in [0, 0.05) is 15.8 Å². The smallest absolute Gasteiger partial charge is 0.267 e. The third-order valence-electron chi connectivity index (χ3n) is 4.11. The minimum absolute atomic E-state index is 0.0661. The largest absolute Gasteiger partial charge is 0.273 e. The van der Waals surface area contributed by atoms with E-state index in [0.29, 0.717) is 17.9 Å². The molecule has 0 atom stereocenters. The zero-order chi connectivity index (χ0) is 17.4. The minimum atomic E-state index is -0.0661. The Bertz CT molecular complexity index is 956. The van der Waals surface area contributed by atoms with Crippen molar-refractivity contribution in [3.8, 4) is 11.4 Å². The number of hydrogen-bond acceptors (Lipinski definition) is 4. The molecular formula is C18H15BrN4OS. The first-order valence-corrected chi connectivity index (χ1v) is 9.65. The molecule has 1 aliphatic heterocycles. The van der Waals surface area contributed by atoms with Gasteiger partial charge in [-0.05, 0) is 40.5 Å². The molecule has 3 aromatic rings. The molecule has 2 heterocycles. The summed E-state index contributed by atoms with van der Waals surface area (Å²) in [7, 11) is 0. The van der Waals surface area contributed by atoms with Crippen LogP contribution >= 0.6 is 27.7 Å². The number of fused-ring (bicyclic) bond motifs is 1. The molecule has 126 valence electrons. The van der Waals surface area contributed by atoms with Crippen molar-refractivity contribution >= 4 is 33.6 Å². The highest BCUT2D eigenvalue weighted by molar-refractivity contribution is 9.10. The Hall–Kier alpha value is -2.12. The number of thioether (sulfide) groups is 1. The van der Waals surface area contributed by atoms with Crippen LogP contribution in [0, 0.1) is 6.92 Å². The van der Waals surface area contributed by atoms with Crippen molar-refractivity contribution in [1.29, 1.82) is 0 Å². The number of hydrogen-bond donors (Lipinski definition) is 0. The molecule has 1 amide bonds. The molecule has 5 nitrogen and oxygen atoms in total. The average molecular weight is 415 g/mol. The molecule has 0 bridgehead atoms. The highest BCUT2D eigenvalue weighted by Gasteiger charge is 2.29. The average Bonchev–Trinajstić information content (AvgIpc) is 3.06. The van der Waals surface area contributed by atoms with Gasteiger partial charge in [0.05, 0.1) is 12.1 Å². The fourth-order valence-electron chi connectivity index (χ4n) is 2.85. The van der Waals surface area contributed by atoms with Crippen molar-refractivity contribution in [3.05, 3.63) is 64.1 Å². The number of nitrogens with zero attached hydrogens (tertiary/aromatic N) is 4. The SMILES string of the molecule is Cc1ccccc1-c1nnc2n1N(C(=O)c1ccccc1Br)CCS2. The minimum Gasteiger partial charge on any atom is -0.267 e. The summed E-state index contributed by atoms with van der Waals surface area (Å²) in [6.45, 7) is 2.64. The molecule has 0 saturated carbocycles. The molecule has 0 saturated heterocycles. The summed E-state index contributed by atoms with van der Waals surface area (Å²) in [5.41, 5.74) is 2.71. The number of halogens is 1. The summed E-state index contributed by atoms with van der Waals surface area (Å²) >= 11 is 5.09. The summed E-state index contributed by atoms with van der Waals surface area (Å²) in [5, 5.41) is 11.1. The fourth-order valence-corrected chi connectivity index (χ4v) is 4.16. The molecule has 0 aliphatic carbocycles. The van der Waals surface area contributed by atoms with Gasteiger partial charge in [-0.1, -0.05) is 48.2 Å². The second kappa shape index (κ2) is 6.65. The molecule has 0 unspecified atom stereocenters. The quantitative estimate of drug-likeness (QED) is 0.637. The van der Waals surface area contributed by atoms with Crippen LogP contribution in [0.15, 0.2) is 58.2 Å². The topological polar surface area (TPSA) is 51.0 Å². The lowest BCUT2D eigenvalue weighted by Crippen LogP contribution is -2.45. The zero-order valence-corrected chi connectivity index (χ0v) is 15.9. The van der Waals surface area contributed by atoms with Crippen LogP contribution in [0.4, 0.5) is 0 Å². The van der Waals surface area contributed by atoms with Crippen LogP contribution in [0.1, 0.15) is 15.9 Å². The highest BCUT2D eigenvalue weighted by atomic mass is 79.9. The number of aromatic nitrogens is 3. The van der Waals surface area contributed by atoms with Gasteiger partial charge in [0.25, 0.3) is 5.91 Å². The van der Waals surface area contributed by atoms with Crippen molar-refractivity contribution in [2.24, 2.45) is 0 Å². The number of amides is 1. The van der Waals surface area contributed by atoms with E-state index in [1.165, 1.54) is 0 Å². The Labute approximate surface area is 158 Å². The summed E-state index contributed by atoms with van der Waals surface area (Å²) in [4.78, 5) is 13.2. The first-order chi connectivity index (χ1) is 12.2. The standard InChI is InChI=1S/C18H15BrN4OS/c1-12-6-2-3-7-13(12)16-20-21-18-23(16)22(10-11-25-18)17(24)14-8-4-5-9-15(14)19/h2-9H,10-11H2,1H3. The second-order valence-electron chi connectivity index (χ2n) is 5.69. The normalized spacial score (nSPS) is 13.6. The Morgan fingerprint density at radius 3 is 2.68 bits per heavy atom. The molecule has 1 aromatic heterocycles. The van der Waals surface area contributed by atoms with Crippen molar-refractivity contribution in [1.82, 2.24) is 14.9 Å². The van der Waals surface area contributed by atoms with Crippen LogP contribution in [0.2, 0.25) is 0 Å². The first-order valence-electron chi connectivity index (χ1n) is 7.87. The molecule has 1 aliphatic rings. The highest BCUT2D eigenvalue weighted by Crippen LogP contribution is 2.30. The lowest BCUT2D eigenvalue weighted by molar-refractivity contribution is 0.0956. The molecule has 0 N–H and O–H groups in total. The number of benzene rings is 2. The molecule has 4 rings (SSSR count). The Balaban J connectivity index is 1.83. The second-order valence-corrected chi connectivity index (χ2v) is 7.61. The van der Waals surface area contributed by atoms with Gasteiger partial charge in [0.1, 0.15) is 0 Å². The first kappa shape index (κ1) is 16.4. The lowest BCUT2D eigenvalue weighted by atomic mass is 10.1. The summed E-state index contributed by atoms with van der Waals surface area (Å²) in [5.74, 6) is 1.42. The third-order valence-corrected chi connectivity index (χ3v) is 5.70. The molecule has 0 fully saturated rings. The van der Waals surface area contributed by atoms with Crippen LogP contribution in [-0.2, 0) is 0 Å². The van der Waals surface area contributed by atoms with E-state index in [9.17, 15) is 4.79 Å². The van der Waals surface area contributed by atoms with Gasteiger partial charge in [-0.15, -0.1) is 10.2 Å². The third kappa shape index (κ3) is 2.87. The van der Waals surface area contributed by atoms with Gasteiger partial charge in [-0.25, -0.2) is 9.69 Å². The Morgan fingerprint density at radius 1 is 1.12 bits per heavy atom. The van der Waals surface area contributed by atoms with Gasteiger partial charge in [0.2, 0.25) is 5.16 Å². The molecule has 25 heavy (non-hydrogen) atoms. The van der Waals surface area contributed by atoms with Gasteiger partial charge >= 0.3 is 0 Å². The van der Waals surface area contributed by atoms with Crippen LogP contribution in [0.3, 0.4) is 0 Å². The number of aryl methyl sites for hydroxylation is 1. The van der Waals surface area contributed by atoms with Gasteiger partial charge < -0.3 is 0 Å². The van der Waals surface area contributed by atoms with Gasteiger partial charge in [-0.2, -0.15) is 0 Å². The van der Waals surface area contributed by atoms with E-state index in [1.807, 2.05) is 60.1 Å². The molecular weight excluding hydrogens is 400 g/mol. The van der Waals surface area contributed by atoms with Gasteiger partial charge in [-0.3, -0.25) is 4.79 Å². The zero-order valence-electron chi connectivity index (χ0n) is 13.5. The number of rotatable bonds is 2. The van der Waals surface area contributed by atoms with Gasteiger partial charge in [0.15, 0.2) is 5.82 Å². The predicted octanol–water partition coefficient (Wildman–Crippen LogP) is 3.90. The van der Waals surface area contributed by atoms with E-state index in [2.05, 4.69) is 26.1 Å². The van der Waals surface area contributed by atoms with E-state index in [-0.39, 0.29) is 5.91 Å². The van der Waals surface area contributed by atoms with Crippen LogP contribution in [0.5, 0.6) is 0 Å². The van der Waals surface area contributed by atoms with Crippen molar-refractivity contribution in [2.75, 3.05) is 17.3 Å². The van der Waals surface area contributed by atoms with E-state index in [1.54, 1.807) is 16.8 Å². The van der Waals surface area contributed by atoms with Crippen LogP contribution in [0.25, 0.3) is 11.4 Å². The monoisotopic (exact) mass is 414 g/mol. The van der Waals surface area contributed by atoms with E-state index >= 15 is 0 Å². The number of carbonyl (C=O) groups is 1. The van der Waals surface area contributed by atoms with Crippen LogP contribution in [-0.4, -0.2) is 33.1 Å². The number of carbonyl (C=O) groups excluding carboxylic acids is 1. The van der Waals surface area contributed by atoms with Crippen molar-refractivity contribution < 1.29 is 4.79 Å². The van der Waals surface area contributed by atoms with E-state index in [4.69, 9.17) is 0 Å².